The standard InChI is InChI=1S/C12H24N2O2/c1-4-10(13)8-11(15)14-7-5-6-12(2,9-14)16-3/h10H,4-9,13H2,1-3H3. The molecule has 1 aliphatic rings. The van der Waals surface area contributed by atoms with Crippen LogP contribution in [0.1, 0.15) is 39.5 Å². The van der Waals surface area contributed by atoms with Crippen LogP contribution in [0.5, 0.6) is 0 Å². The molecule has 94 valence electrons. The molecule has 0 aromatic heterocycles. The number of carbonyl (C=O) groups is 1. The molecule has 0 radical (unpaired) electrons. The highest BCUT2D eigenvalue weighted by Gasteiger charge is 2.32. The van der Waals surface area contributed by atoms with Crippen LogP contribution in [0.2, 0.25) is 0 Å². The maximum Gasteiger partial charge on any atom is 0.224 e. The average Bonchev–Trinajstić information content (AvgIpc) is 2.29. The highest BCUT2D eigenvalue weighted by Crippen LogP contribution is 2.24. The molecule has 0 aliphatic carbocycles. The van der Waals surface area contributed by atoms with E-state index in [-0.39, 0.29) is 17.6 Å². The molecule has 0 bridgehead atoms. The van der Waals surface area contributed by atoms with Crippen molar-refractivity contribution in [3.63, 3.8) is 0 Å². The molecule has 1 fully saturated rings. The van der Waals surface area contributed by atoms with E-state index in [9.17, 15) is 4.79 Å². The SMILES string of the molecule is CCC(N)CC(=O)N1CCCC(C)(OC)C1. The highest BCUT2D eigenvalue weighted by molar-refractivity contribution is 5.77. The monoisotopic (exact) mass is 228 g/mol. The minimum absolute atomic E-state index is 0.0109. The lowest BCUT2D eigenvalue weighted by Gasteiger charge is -2.39. The quantitative estimate of drug-likeness (QED) is 0.785. The summed E-state index contributed by atoms with van der Waals surface area (Å²) in [6.45, 7) is 5.60. The molecular weight excluding hydrogens is 204 g/mol. The van der Waals surface area contributed by atoms with Gasteiger partial charge in [-0.3, -0.25) is 4.79 Å². The topological polar surface area (TPSA) is 55.6 Å². The van der Waals surface area contributed by atoms with Gasteiger partial charge >= 0.3 is 0 Å². The Bertz CT molecular complexity index is 245. The molecule has 0 spiro atoms. The minimum Gasteiger partial charge on any atom is -0.377 e. The molecule has 1 heterocycles. The molecule has 16 heavy (non-hydrogen) atoms. The Hall–Kier alpha value is -0.610. The second-order valence-corrected chi connectivity index (χ2v) is 4.95. The lowest BCUT2D eigenvalue weighted by molar-refractivity contribution is -0.139. The van der Waals surface area contributed by atoms with Crippen LogP contribution in [0.25, 0.3) is 0 Å². The van der Waals surface area contributed by atoms with Crippen molar-refractivity contribution in [2.75, 3.05) is 20.2 Å². The van der Waals surface area contributed by atoms with E-state index >= 15 is 0 Å². The highest BCUT2D eigenvalue weighted by atomic mass is 16.5. The van der Waals surface area contributed by atoms with Crippen LogP contribution in [-0.4, -0.2) is 42.6 Å². The van der Waals surface area contributed by atoms with Gasteiger partial charge in [0.05, 0.1) is 5.60 Å². The van der Waals surface area contributed by atoms with Crippen LogP contribution in [0.15, 0.2) is 0 Å². The van der Waals surface area contributed by atoms with Crippen molar-refractivity contribution < 1.29 is 9.53 Å². The van der Waals surface area contributed by atoms with Gasteiger partial charge in [0.2, 0.25) is 5.91 Å². The molecule has 0 saturated carbocycles. The maximum atomic E-state index is 12.0. The summed E-state index contributed by atoms with van der Waals surface area (Å²) in [4.78, 5) is 13.9. The Morgan fingerprint density at radius 1 is 1.62 bits per heavy atom. The average molecular weight is 228 g/mol. The van der Waals surface area contributed by atoms with Gasteiger partial charge in [-0.2, -0.15) is 0 Å². The summed E-state index contributed by atoms with van der Waals surface area (Å²) < 4.78 is 5.47. The van der Waals surface area contributed by atoms with Crippen LogP contribution in [0.3, 0.4) is 0 Å². The van der Waals surface area contributed by atoms with Gasteiger partial charge in [0.25, 0.3) is 0 Å². The van der Waals surface area contributed by atoms with Gasteiger partial charge in [0.15, 0.2) is 0 Å². The zero-order valence-electron chi connectivity index (χ0n) is 10.7. The van der Waals surface area contributed by atoms with Crippen molar-refractivity contribution in [2.24, 2.45) is 5.73 Å². The van der Waals surface area contributed by atoms with Crippen molar-refractivity contribution in [3.8, 4) is 0 Å². The van der Waals surface area contributed by atoms with E-state index in [2.05, 4.69) is 6.92 Å². The molecule has 1 aliphatic heterocycles. The first-order chi connectivity index (χ1) is 7.50. The van der Waals surface area contributed by atoms with Crippen molar-refractivity contribution in [1.29, 1.82) is 0 Å². The first kappa shape index (κ1) is 13.5. The molecule has 2 unspecified atom stereocenters. The van der Waals surface area contributed by atoms with Crippen molar-refractivity contribution in [3.05, 3.63) is 0 Å². The van der Waals surface area contributed by atoms with Crippen molar-refractivity contribution >= 4 is 5.91 Å². The number of methoxy groups -OCH3 is 1. The fraction of sp³-hybridized carbons (Fsp3) is 0.917. The van der Waals surface area contributed by atoms with Gasteiger partial charge in [-0.05, 0) is 26.2 Å². The first-order valence-corrected chi connectivity index (χ1v) is 6.09. The van der Waals surface area contributed by atoms with E-state index in [0.717, 1.165) is 25.8 Å². The van der Waals surface area contributed by atoms with E-state index in [1.807, 2.05) is 11.8 Å². The van der Waals surface area contributed by atoms with E-state index in [0.29, 0.717) is 13.0 Å². The summed E-state index contributed by atoms with van der Waals surface area (Å²) in [6.07, 6.45) is 3.34. The summed E-state index contributed by atoms with van der Waals surface area (Å²) in [7, 11) is 1.71. The lowest BCUT2D eigenvalue weighted by Crippen LogP contribution is -2.50. The number of piperidine rings is 1. The molecule has 0 aromatic rings. The number of hydrogen-bond acceptors (Lipinski definition) is 3. The molecule has 4 nitrogen and oxygen atoms in total. The van der Waals surface area contributed by atoms with Gasteiger partial charge in [-0.1, -0.05) is 6.92 Å². The lowest BCUT2D eigenvalue weighted by atomic mass is 9.94. The van der Waals surface area contributed by atoms with Crippen LogP contribution in [0.4, 0.5) is 0 Å². The Labute approximate surface area is 98.1 Å². The Balaban J connectivity index is 2.50. The first-order valence-electron chi connectivity index (χ1n) is 6.09. The van der Waals surface area contributed by atoms with Gasteiger partial charge in [-0.25, -0.2) is 0 Å². The smallest absolute Gasteiger partial charge is 0.224 e. The maximum absolute atomic E-state index is 12.0. The molecule has 1 amide bonds. The Kier molecular flexibility index (Phi) is 4.74. The molecule has 1 saturated heterocycles. The third kappa shape index (κ3) is 3.46. The molecule has 1 rings (SSSR count). The fourth-order valence-electron chi connectivity index (χ4n) is 2.08. The number of hydrogen-bond donors (Lipinski definition) is 1. The number of nitrogens with two attached hydrogens (primary N) is 1. The Morgan fingerprint density at radius 2 is 2.31 bits per heavy atom. The number of ether oxygens (including phenoxy) is 1. The fourth-order valence-corrected chi connectivity index (χ4v) is 2.08. The zero-order valence-corrected chi connectivity index (χ0v) is 10.7. The summed E-state index contributed by atoms with van der Waals surface area (Å²) >= 11 is 0. The number of likely N-dealkylation sites (tertiary alicyclic amines) is 1. The second-order valence-electron chi connectivity index (χ2n) is 4.95. The molecule has 2 N–H and O–H groups in total. The summed E-state index contributed by atoms with van der Waals surface area (Å²) in [5.74, 6) is 0.164. The van der Waals surface area contributed by atoms with Gasteiger partial charge in [0, 0.05) is 32.7 Å². The Morgan fingerprint density at radius 3 is 2.88 bits per heavy atom. The normalized spacial score (nSPS) is 27.9. The minimum atomic E-state index is -0.176. The van der Waals surface area contributed by atoms with Gasteiger partial charge in [0.1, 0.15) is 0 Å². The van der Waals surface area contributed by atoms with Gasteiger partial charge < -0.3 is 15.4 Å². The largest absolute Gasteiger partial charge is 0.377 e. The summed E-state index contributed by atoms with van der Waals surface area (Å²) in [6, 6.07) is -0.0109. The van der Waals surface area contributed by atoms with Gasteiger partial charge in [-0.15, -0.1) is 0 Å². The zero-order chi connectivity index (χ0) is 12.2. The summed E-state index contributed by atoms with van der Waals surface area (Å²) in [5, 5.41) is 0. The third-order valence-electron chi connectivity index (χ3n) is 3.47. The van der Waals surface area contributed by atoms with E-state index in [1.165, 1.54) is 0 Å². The number of amides is 1. The predicted molar refractivity (Wildman–Crippen MR) is 64.1 cm³/mol. The molecular formula is C12H24N2O2. The van der Waals surface area contributed by atoms with E-state index in [1.54, 1.807) is 7.11 Å². The number of carbonyl (C=O) groups excluding carboxylic acids is 1. The second kappa shape index (κ2) is 5.64. The molecule has 4 heteroatoms. The molecule has 2 atom stereocenters. The summed E-state index contributed by atoms with van der Waals surface area (Å²) in [5.41, 5.74) is 5.63. The van der Waals surface area contributed by atoms with Crippen LogP contribution >= 0.6 is 0 Å². The van der Waals surface area contributed by atoms with Crippen LogP contribution in [0, 0.1) is 0 Å². The third-order valence-corrected chi connectivity index (χ3v) is 3.47. The predicted octanol–water partition coefficient (Wildman–Crippen LogP) is 1.14. The molecule has 0 aromatic carbocycles. The van der Waals surface area contributed by atoms with Crippen LogP contribution in [-0.2, 0) is 9.53 Å². The number of nitrogens with zero attached hydrogens (tertiary/aromatic N) is 1. The van der Waals surface area contributed by atoms with E-state index < -0.39 is 0 Å². The number of rotatable bonds is 4. The van der Waals surface area contributed by atoms with Crippen molar-refractivity contribution in [1.82, 2.24) is 4.90 Å². The van der Waals surface area contributed by atoms with Crippen molar-refractivity contribution in [2.45, 2.75) is 51.2 Å². The van der Waals surface area contributed by atoms with E-state index in [4.69, 9.17) is 10.5 Å². The van der Waals surface area contributed by atoms with Crippen LogP contribution < -0.4 is 5.73 Å².